The van der Waals surface area contributed by atoms with E-state index in [4.69, 9.17) is 0 Å². The van der Waals surface area contributed by atoms with Gasteiger partial charge in [-0.15, -0.1) is 0 Å². The summed E-state index contributed by atoms with van der Waals surface area (Å²) in [5.74, 6) is 0.0965. The molecule has 0 aromatic rings. The Morgan fingerprint density at radius 3 is 2.44 bits per heavy atom. The van der Waals surface area contributed by atoms with E-state index in [-0.39, 0.29) is 17.3 Å². The predicted octanol–water partition coefficient (Wildman–Crippen LogP) is 1.99. The average Bonchev–Trinajstić information content (AvgIpc) is 2.60. The third-order valence-electron chi connectivity index (χ3n) is 4.73. The fourth-order valence-corrected chi connectivity index (χ4v) is 3.89. The summed E-state index contributed by atoms with van der Waals surface area (Å²) in [5, 5.41) is 10.4. The molecule has 1 fully saturated rings. The van der Waals surface area contributed by atoms with Crippen LogP contribution in [0.2, 0.25) is 0 Å². The zero-order valence-corrected chi connectivity index (χ0v) is 11.3. The second-order valence-corrected chi connectivity index (χ2v) is 6.70. The van der Waals surface area contributed by atoms with Gasteiger partial charge < -0.3 is 9.90 Å². The van der Waals surface area contributed by atoms with Gasteiger partial charge >= 0.3 is 0 Å². The summed E-state index contributed by atoms with van der Waals surface area (Å²) in [6.07, 6.45) is 4.60. The van der Waals surface area contributed by atoms with Crippen molar-refractivity contribution < 1.29 is 14.7 Å². The summed E-state index contributed by atoms with van der Waals surface area (Å²) in [6.45, 7) is 6.51. The number of rotatable bonds is 2. The lowest BCUT2D eigenvalue weighted by molar-refractivity contribution is -0.116. The topological polar surface area (TPSA) is 54.4 Å². The van der Waals surface area contributed by atoms with Crippen molar-refractivity contribution in [2.75, 3.05) is 0 Å². The number of aliphatic hydroxyl groups is 1. The lowest BCUT2D eigenvalue weighted by Crippen LogP contribution is -2.33. The zero-order chi connectivity index (χ0) is 13.5. The van der Waals surface area contributed by atoms with Crippen molar-refractivity contribution in [1.82, 2.24) is 0 Å². The molecule has 0 saturated heterocycles. The number of hydrogen-bond donors (Lipinski definition) is 1. The highest BCUT2D eigenvalue weighted by atomic mass is 16.3. The fourth-order valence-electron chi connectivity index (χ4n) is 3.89. The van der Waals surface area contributed by atoms with Crippen molar-refractivity contribution >= 4 is 12.6 Å². The van der Waals surface area contributed by atoms with Crippen LogP contribution in [0, 0.1) is 29.1 Å². The Labute approximate surface area is 108 Å². The predicted molar refractivity (Wildman–Crippen MR) is 68.9 cm³/mol. The Bertz CT molecular complexity index is 383. The lowest BCUT2D eigenvalue weighted by Gasteiger charge is -2.27. The smallest absolute Gasteiger partial charge is 0.146 e. The van der Waals surface area contributed by atoms with Crippen LogP contribution >= 0.6 is 0 Å². The van der Waals surface area contributed by atoms with Gasteiger partial charge in [-0.25, -0.2) is 0 Å². The van der Waals surface area contributed by atoms with Crippen LogP contribution in [0.1, 0.15) is 33.6 Å². The maximum absolute atomic E-state index is 11.2. The summed E-state index contributed by atoms with van der Waals surface area (Å²) < 4.78 is 0. The highest BCUT2D eigenvalue weighted by Gasteiger charge is 2.48. The summed E-state index contributed by atoms with van der Waals surface area (Å²) >= 11 is 0. The molecule has 3 heteroatoms. The monoisotopic (exact) mass is 250 g/mol. The lowest BCUT2D eigenvalue weighted by atomic mass is 9.81. The van der Waals surface area contributed by atoms with Crippen molar-refractivity contribution in [3.8, 4) is 0 Å². The second kappa shape index (κ2) is 4.61. The molecule has 2 aliphatic carbocycles. The van der Waals surface area contributed by atoms with Crippen LogP contribution in [0.25, 0.3) is 0 Å². The van der Waals surface area contributed by atoms with Crippen LogP contribution in [0.3, 0.4) is 0 Å². The van der Waals surface area contributed by atoms with Gasteiger partial charge in [-0.1, -0.05) is 26.8 Å². The first-order chi connectivity index (χ1) is 8.39. The Morgan fingerprint density at radius 2 is 1.89 bits per heavy atom. The molecule has 2 unspecified atom stereocenters. The third-order valence-corrected chi connectivity index (χ3v) is 4.73. The molecule has 0 bridgehead atoms. The van der Waals surface area contributed by atoms with Crippen molar-refractivity contribution in [3.63, 3.8) is 0 Å². The molecule has 0 aromatic carbocycles. The Morgan fingerprint density at radius 1 is 1.28 bits per heavy atom. The van der Waals surface area contributed by atoms with Gasteiger partial charge in [0.15, 0.2) is 0 Å². The third kappa shape index (κ3) is 2.16. The standard InChI is InChI=1S/C15H22O3/c1-9-4-10(7-16)13(8-17)14(18)12-6-15(2,3)5-11(9)12/h4,7-9,11-14,18H,5-6H2,1-3H3/t9-,11?,12?,13-,14-/m0/s1. The first kappa shape index (κ1) is 13.5. The van der Waals surface area contributed by atoms with Gasteiger partial charge in [-0.05, 0) is 36.0 Å². The maximum atomic E-state index is 11.2. The van der Waals surface area contributed by atoms with E-state index >= 15 is 0 Å². The number of aldehydes is 2. The van der Waals surface area contributed by atoms with Crippen LogP contribution in [0.5, 0.6) is 0 Å². The van der Waals surface area contributed by atoms with Crippen molar-refractivity contribution in [2.24, 2.45) is 29.1 Å². The van der Waals surface area contributed by atoms with Crippen molar-refractivity contribution in [1.29, 1.82) is 0 Å². The SMILES string of the molecule is C[C@H]1C=C(C=O)[C@H](C=O)[C@@H](O)C2CC(C)(C)CC21. The fraction of sp³-hybridized carbons (Fsp3) is 0.733. The molecular formula is C15H22O3. The van der Waals surface area contributed by atoms with Gasteiger partial charge in [0.05, 0.1) is 12.0 Å². The molecule has 0 radical (unpaired) electrons. The van der Waals surface area contributed by atoms with Crippen LogP contribution in [-0.4, -0.2) is 23.8 Å². The van der Waals surface area contributed by atoms with Gasteiger partial charge in [-0.2, -0.15) is 0 Å². The quantitative estimate of drug-likeness (QED) is 0.762. The van der Waals surface area contributed by atoms with E-state index < -0.39 is 12.0 Å². The summed E-state index contributed by atoms with van der Waals surface area (Å²) in [7, 11) is 0. The molecule has 0 heterocycles. The number of hydrogen-bond acceptors (Lipinski definition) is 3. The Hall–Kier alpha value is -0.960. The van der Waals surface area contributed by atoms with E-state index in [9.17, 15) is 14.7 Å². The molecule has 3 nitrogen and oxygen atoms in total. The van der Waals surface area contributed by atoms with Gasteiger partial charge in [0.1, 0.15) is 12.6 Å². The van der Waals surface area contributed by atoms with Gasteiger partial charge in [0, 0.05) is 5.57 Å². The summed E-state index contributed by atoms with van der Waals surface area (Å²) in [5.41, 5.74) is 0.669. The molecule has 1 saturated carbocycles. The molecular weight excluding hydrogens is 228 g/mol. The van der Waals surface area contributed by atoms with Crippen LogP contribution in [-0.2, 0) is 9.59 Å². The highest BCUT2D eigenvalue weighted by Crippen LogP contribution is 2.52. The van der Waals surface area contributed by atoms with Gasteiger partial charge in [-0.3, -0.25) is 4.79 Å². The minimum absolute atomic E-state index is 0.124. The molecule has 0 spiro atoms. The number of carbonyl (C=O) groups is 2. The first-order valence-corrected chi connectivity index (χ1v) is 6.70. The molecule has 18 heavy (non-hydrogen) atoms. The molecule has 0 aromatic heterocycles. The molecule has 2 aliphatic rings. The van der Waals surface area contributed by atoms with Crippen LogP contribution in [0.4, 0.5) is 0 Å². The zero-order valence-electron chi connectivity index (χ0n) is 11.3. The van der Waals surface area contributed by atoms with Crippen molar-refractivity contribution in [3.05, 3.63) is 11.6 Å². The van der Waals surface area contributed by atoms with Gasteiger partial charge in [0.25, 0.3) is 0 Å². The highest BCUT2D eigenvalue weighted by molar-refractivity contribution is 5.81. The molecule has 1 N–H and O–H groups in total. The van der Waals surface area contributed by atoms with Crippen LogP contribution in [0.15, 0.2) is 11.6 Å². The van der Waals surface area contributed by atoms with E-state index in [1.165, 1.54) is 0 Å². The van der Waals surface area contributed by atoms with Crippen molar-refractivity contribution in [2.45, 2.75) is 39.7 Å². The number of aliphatic hydroxyl groups excluding tert-OH is 1. The Balaban J connectivity index is 2.39. The van der Waals surface area contributed by atoms with E-state index in [2.05, 4.69) is 20.8 Å². The number of carbonyl (C=O) groups excluding carboxylic acids is 2. The molecule has 0 amide bonds. The first-order valence-electron chi connectivity index (χ1n) is 6.70. The number of fused-ring (bicyclic) bond motifs is 1. The normalized spacial score (nSPS) is 42.7. The summed E-state index contributed by atoms with van der Waals surface area (Å²) in [4.78, 5) is 22.3. The minimum atomic E-state index is -0.712. The molecule has 2 rings (SSSR count). The molecule has 100 valence electrons. The van der Waals surface area contributed by atoms with E-state index in [0.29, 0.717) is 11.5 Å². The average molecular weight is 250 g/mol. The number of allylic oxidation sites excluding steroid dienone is 1. The van der Waals surface area contributed by atoms with E-state index in [1.807, 2.05) is 6.08 Å². The minimum Gasteiger partial charge on any atom is -0.392 e. The summed E-state index contributed by atoms with van der Waals surface area (Å²) in [6, 6.07) is 0. The van der Waals surface area contributed by atoms with E-state index in [0.717, 1.165) is 25.4 Å². The Kier molecular flexibility index (Phi) is 3.45. The van der Waals surface area contributed by atoms with Crippen LogP contribution < -0.4 is 0 Å². The molecule has 5 atom stereocenters. The maximum Gasteiger partial charge on any atom is 0.146 e. The largest absolute Gasteiger partial charge is 0.392 e. The molecule has 0 aliphatic heterocycles. The van der Waals surface area contributed by atoms with E-state index in [1.54, 1.807) is 0 Å². The van der Waals surface area contributed by atoms with Gasteiger partial charge in [0.2, 0.25) is 0 Å². The second-order valence-electron chi connectivity index (χ2n) is 6.70.